The maximum Gasteiger partial charge on any atom is 0.231 e. The van der Waals surface area contributed by atoms with Crippen LogP contribution in [0.1, 0.15) is 50.3 Å². The predicted molar refractivity (Wildman–Crippen MR) is 127 cm³/mol. The third kappa shape index (κ3) is 5.06. The quantitative estimate of drug-likeness (QED) is 0.379. The summed E-state index contributed by atoms with van der Waals surface area (Å²) in [5.41, 5.74) is 3.40. The average molecular weight is 450 g/mol. The van der Waals surface area contributed by atoms with Crippen LogP contribution in [0, 0.1) is 11.7 Å². The highest BCUT2D eigenvalue weighted by molar-refractivity contribution is 5.56. The summed E-state index contributed by atoms with van der Waals surface area (Å²) in [6.45, 7) is 6.20. The van der Waals surface area contributed by atoms with Crippen LogP contribution in [0.3, 0.4) is 0 Å². The Labute approximate surface area is 195 Å². The zero-order valence-corrected chi connectivity index (χ0v) is 19.3. The molecule has 0 radical (unpaired) electrons. The number of aromatic nitrogens is 2. The molecule has 0 atom stereocenters. The zero-order chi connectivity index (χ0) is 22.6. The third-order valence-corrected chi connectivity index (χ3v) is 6.75. The first-order valence-electron chi connectivity index (χ1n) is 12.1. The Kier molecular flexibility index (Phi) is 6.63. The van der Waals surface area contributed by atoms with Gasteiger partial charge in [0.05, 0.1) is 11.9 Å². The fraction of sp³-hybridized carbons (Fsp3) is 0.444. The molecule has 1 saturated carbocycles. The normalized spacial score (nSPS) is 15.2. The summed E-state index contributed by atoms with van der Waals surface area (Å²) in [6, 6.07) is 12.9. The second kappa shape index (κ2) is 9.96. The second-order valence-corrected chi connectivity index (χ2v) is 9.24. The molecule has 2 aliphatic rings. The van der Waals surface area contributed by atoms with Crippen molar-refractivity contribution in [3.8, 4) is 22.9 Å². The minimum Gasteiger partial charge on any atom is -0.454 e. The molecule has 0 amide bonds. The molecule has 0 spiro atoms. The van der Waals surface area contributed by atoms with E-state index in [1.54, 1.807) is 0 Å². The highest BCUT2D eigenvalue weighted by Gasteiger charge is 2.23. The van der Waals surface area contributed by atoms with E-state index in [0.717, 1.165) is 67.8 Å². The number of imidazole rings is 1. The molecule has 33 heavy (non-hydrogen) atoms. The molecule has 0 saturated heterocycles. The zero-order valence-electron chi connectivity index (χ0n) is 19.3. The molecule has 1 aliphatic heterocycles. The van der Waals surface area contributed by atoms with Crippen molar-refractivity contribution in [2.75, 3.05) is 13.3 Å². The number of ether oxygens (including phenoxy) is 2. The minimum absolute atomic E-state index is 0.221. The van der Waals surface area contributed by atoms with Gasteiger partial charge in [-0.15, -0.1) is 0 Å². The van der Waals surface area contributed by atoms with Gasteiger partial charge in [0.25, 0.3) is 0 Å². The van der Waals surface area contributed by atoms with Crippen LogP contribution in [-0.4, -0.2) is 27.8 Å². The van der Waals surface area contributed by atoms with Crippen LogP contribution in [0.25, 0.3) is 11.4 Å². The first-order chi connectivity index (χ1) is 16.2. The lowest BCUT2D eigenvalue weighted by Crippen LogP contribution is -2.32. The molecule has 2 heterocycles. The van der Waals surface area contributed by atoms with E-state index in [0.29, 0.717) is 6.79 Å². The molecule has 6 heteroatoms. The van der Waals surface area contributed by atoms with Crippen LogP contribution in [0.4, 0.5) is 4.39 Å². The SMILES string of the molecule is CCCCn1c(CN(Cc2ccc3c(c2)OCO3)CC2CCC2)cnc1-c1ccc(F)cc1. The van der Waals surface area contributed by atoms with Crippen molar-refractivity contribution in [2.45, 2.75) is 58.7 Å². The molecular weight excluding hydrogens is 417 g/mol. The minimum atomic E-state index is -0.221. The number of unbranched alkanes of at least 4 members (excludes halogenated alkanes) is 1. The van der Waals surface area contributed by atoms with Crippen LogP contribution in [0.5, 0.6) is 11.5 Å². The first kappa shape index (κ1) is 22.0. The molecule has 0 unspecified atom stereocenters. The van der Waals surface area contributed by atoms with E-state index < -0.39 is 0 Å². The third-order valence-electron chi connectivity index (χ3n) is 6.75. The summed E-state index contributed by atoms with van der Waals surface area (Å²) in [7, 11) is 0. The largest absolute Gasteiger partial charge is 0.454 e. The van der Waals surface area contributed by atoms with Gasteiger partial charge in [-0.05, 0) is 67.1 Å². The van der Waals surface area contributed by atoms with E-state index in [1.165, 1.54) is 42.7 Å². The molecule has 1 aliphatic carbocycles. The van der Waals surface area contributed by atoms with E-state index in [-0.39, 0.29) is 5.82 Å². The van der Waals surface area contributed by atoms with Gasteiger partial charge in [-0.3, -0.25) is 4.90 Å². The summed E-state index contributed by atoms with van der Waals surface area (Å²) in [4.78, 5) is 7.30. The van der Waals surface area contributed by atoms with E-state index in [1.807, 2.05) is 24.4 Å². The first-order valence-corrected chi connectivity index (χ1v) is 12.1. The van der Waals surface area contributed by atoms with E-state index in [9.17, 15) is 4.39 Å². The molecule has 1 aromatic heterocycles. The summed E-state index contributed by atoms with van der Waals surface area (Å²) in [6.07, 6.45) is 8.17. The molecule has 3 aromatic rings. The summed E-state index contributed by atoms with van der Waals surface area (Å²) < 4.78 is 26.9. The number of rotatable bonds is 10. The number of fused-ring (bicyclic) bond motifs is 1. The Morgan fingerprint density at radius 3 is 2.64 bits per heavy atom. The van der Waals surface area contributed by atoms with E-state index in [4.69, 9.17) is 14.5 Å². The highest BCUT2D eigenvalue weighted by atomic mass is 19.1. The Bertz CT molecular complexity index is 1080. The summed E-state index contributed by atoms with van der Waals surface area (Å²) in [5, 5.41) is 0. The van der Waals surface area contributed by atoms with Gasteiger partial charge in [-0.1, -0.05) is 25.8 Å². The van der Waals surface area contributed by atoms with Crippen molar-refractivity contribution in [3.63, 3.8) is 0 Å². The molecular formula is C27H32FN3O2. The fourth-order valence-electron chi connectivity index (χ4n) is 4.68. The van der Waals surface area contributed by atoms with Gasteiger partial charge < -0.3 is 14.0 Å². The lowest BCUT2D eigenvalue weighted by Gasteiger charge is -2.32. The van der Waals surface area contributed by atoms with Gasteiger partial charge in [-0.2, -0.15) is 0 Å². The molecule has 1 fully saturated rings. The van der Waals surface area contributed by atoms with E-state index in [2.05, 4.69) is 28.5 Å². The van der Waals surface area contributed by atoms with Crippen molar-refractivity contribution in [2.24, 2.45) is 5.92 Å². The van der Waals surface area contributed by atoms with Gasteiger partial charge >= 0.3 is 0 Å². The Balaban J connectivity index is 1.39. The van der Waals surface area contributed by atoms with Crippen molar-refractivity contribution < 1.29 is 13.9 Å². The second-order valence-electron chi connectivity index (χ2n) is 9.24. The van der Waals surface area contributed by atoms with Crippen LogP contribution >= 0.6 is 0 Å². The lowest BCUT2D eigenvalue weighted by molar-refractivity contribution is 0.161. The number of hydrogen-bond donors (Lipinski definition) is 0. The molecule has 0 N–H and O–H groups in total. The monoisotopic (exact) mass is 449 g/mol. The van der Waals surface area contributed by atoms with Gasteiger partial charge in [0.1, 0.15) is 11.6 Å². The maximum absolute atomic E-state index is 13.5. The Morgan fingerprint density at radius 2 is 1.88 bits per heavy atom. The molecule has 2 aromatic carbocycles. The number of nitrogens with zero attached hydrogens (tertiary/aromatic N) is 3. The topological polar surface area (TPSA) is 39.5 Å². The van der Waals surface area contributed by atoms with Gasteiger partial charge in [-0.25, -0.2) is 9.37 Å². The summed E-state index contributed by atoms with van der Waals surface area (Å²) >= 11 is 0. The number of benzene rings is 2. The van der Waals surface area contributed by atoms with Crippen molar-refractivity contribution in [3.05, 3.63) is 65.7 Å². The van der Waals surface area contributed by atoms with Crippen molar-refractivity contribution >= 4 is 0 Å². The maximum atomic E-state index is 13.5. The van der Waals surface area contributed by atoms with Gasteiger partial charge in [0, 0.05) is 31.7 Å². The fourth-order valence-corrected chi connectivity index (χ4v) is 4.68. The molecule has 5 nitrogen and oxygen atoms in total. The number of hydrogen-bond acceptors (Lipinski definition) is 4. The molecule has 5 rings (SSSR count). The summed E-state index contributed by atoms with van der Waals surface area (Å²) in [5.74, 6) is 3.13. The number of halogens is 1. The van der Waals surface area contributed by atoms with Gasteiger partial charge in [0.2, 0.25) is 6.79 Å². The van der Waals surface area contributed by atoms with Crippen LogP contribution in [-0.2, 0) is 19.6 Å². The van der Waals surface area contributed by atoms with Gasteiger partial charge in [0.15, 0.2) is 11.5 Å². The Morgan fingerprint density at radius 1 is 1.06 bits per heavy atom. The molecule has 0 bridgehead atoms. The predicted octanol–water partition coefficient (Wildman–Crippen LogP) is 6.02. The molecule has 174 valence electrons. The Hall–Kier alpha value is -2.86. The van der Waals surface area contributed by atoms with E-state index >= 15 is 0 Å². The van der Waals surface area contributed by atoms with Crippen LogP contribution in [0.15, 0.2) is 48.7 Å². The lowest BCUT2D eigenvalue weighted by atomic mass is 9.85. The van der Waals surface area contributed by atoms with Crippen molar-refractivity contribution in [1.29, 1.82) is 0 Å². The smallest absolute Gasteiger partial charge is 0.231 e. The van der Waals surface area contributed by atoms with Crippen LogP contribution in [0.2, 0.25) is 0 Å². The average Bonchev–Trinajstić information content (AvgIpc) is 3.42. The van der Waals surface area contributed by atoms with Crippen molar-refractivity contribution in [1.82, 2.24) is 14.5 Å². The highest BCUT2D eigenvalue weighted by Crippen LogP contribution is 2.34. The standard InChI is InChI=1S/C27H32FN3O2/c1-2-3-13-31-24(15-29-27(31)22-8-10-23(28)11-9-22)18-30(16-20-5-4-6-20)17-21-7-12-25-26(14-21)33-19-32-25/h7-12,14-15,20H,2-6,13,16-19H2,1H3. The van der Waals surface area contributed by atoms with Crippen LogP contribution < -0.4 is 9.47 Å².